The zero-order valence-corrected chi connectivity index (χ0v) is 16.8. The molecule has 1 saturated carbocycles. The molecule has 6 rings (SSSR count). The Morgan fingerprint density at radius 2 is 1.84 bits per heavy atom. The Balaban J connectivity index is 1.38. The summed E-state index contributed by atoms with van der Waals surface area (Å²) in [7, 11) is 0. The molecule has 5 aromatic rings. The van der Waals surface area contributed by atoms with Gasteiger partial charge in [-0.05, 0) is 54.7 Å². The first-order valence-electron chi connectivity index (χ1n) is 10.5. The number of nitrogens with zero attached hydrogens (tertiary/aromatic N) is 4. The summed E-state index contributed by atoms with van der Waals surface area (Å²) in [6, 6.07) is 19.0. The number of nitrogens with one attached hydrogen (secondary N) is 3. The van der Waals surface area contributed by atoms with Crippen molar-refractivity contribution in [2.75, 3.05) is 10.6 Å². The third-order valence-corrected chi connectivity index (χ3v) is 5.81. The Labute approximate surface area is 179 Å². The van der Waals surface area contributed by atoms with Crippen LogP contribution in [0, 0.1) is 0 Å². The highest BCUT2D eigenvalue weighted by molar-refractivity contribution is 5.96. The van der Waals surface area contributed by atoms with Crippen LogP contribution in [0.4, 0.5) is 17.5 Å². The Kier molecular flexibility index (Phi) is 4.23. The van der Waals surface area contributed by atoms with E-state index in [2.05, 4.69) is 54.8 Å². The van der Waals surface area contributed by atoms with Crippen LogP contribution in [0.15, 0.2) is 67.1 Å². The second-order valence-electron chi connectivity index (χ2n) is 7.85. The molecule has 0 aliphatic heterocycles. The summed E-state index contributed by atoms with van der Waals surface area (Å²) >= 11 is 0. The van der Waals surface area contributed by atoms with E-state index in [1.165, 1.54) is 19.3 Å². The number of benzene rings is 2. The van der Waals surface area contributed by atoms with Crippen LogP contribution >= 0.6 is 0 Å². The van der Waals surface area contributed by atoms with Gasteiger partial charge in [0.2, 0.25) is 5.95 Å². The van der Waals surface area contributed by atoms with E-state index in [-0.39, 0.29) is 0 Å². The molecule has 2 aromatic carbocycles. The number of aromatic nitrogens is 5. The summed E-state index contributed by atoms with van der Waals surface area (Å²) < 4.78 is 0. The Hall–Kier alpha value is -4.00. The predicted molar refractivity (Wildman–Crippen MR) is 123 cm³/mol. The van der Waals surface area contributed by atoms with E-state index >= 15 is 0 Å². The maximum Gasteiger partial charge on any atom is 0.231 e. The molecule has 1 aliphatic carbocycles. The lowest BCUT2D eigenvalue weighted by atomic mass is 9.93. The van der Waals surface area contributed by atoms with Crippen molar-refractivity contribution in [1.82, 2.24) is 24.9 Å². The van der Waals surface area contributed by atoms with Crippen molar-refractivity contribution >= 4 is 39.5 Å². The van der Waals surface area contributed by atoms with Gasteiger partial charge in [0.15, 0.2) is 11.5 Å². The molecule has 7 heteroatoms. The zero-order valence-electron chi connectivity index (χ0n) is 16.8. The average molecular weight is 407 g/mol. The summed E-state index contributed by atoms with van der Waals surface area (Å²) in [4.78, 5) is 21.3. The van der Waals surface area contributed by atoms with Gasteiger partial charge in [0.05, 0.1) is 11.8 Å². The lowest BCUT2D eigenvalue weighted by Crippen LogP contribution is -2.27. The van der Waals surface area contributed by atoms with Crippen LogP contribution in [0.3, 0.4) is 0 Å². The van der Waals surface area contributed by atoms with E-state index in [1.807, 2.05) is 36.5 Å². The molecule has 3 N–H and O–H groups in total. The standard InChI is InChI=1S/C24H21N7/c1-2-5-15(6-3-1)18-11-12-25-20-10-9-17(13-19(18)20)29-24-30-22-21(26-14-27-22)23(31-24)28-16-7-4-8-16/h1-3,5-6,9-14,16H,4,7-8H2,(H3,26,27,28,29,30,31). The van der Waals surface area contributed by atoms with Crippen molar-refractivity contribution in [3.05, 3.63) is 67.1 Å². The molecule has 0 radical (unpaired) electrons. The lowest BCUT2D eigenvalue weighted by molar-refractivity contribution is 0.445. The van der Waals surface area contributed by atoms with Gasteiger partial charge in [-0.15, -0.1) is 0 Å². The molecule has 3 heterocycles. The number of aromatic amines is 1. The van der Waals surface area contributed by atoms with Gasteiger partial charge in [-0.3, -0.25) is 4.98 Å². The molecular weight excluding hydrogens is 386 g/mol. The van der Waals surface area contributed by atoms with Gasteiger partial charge in [0, 0.05) is 23.3 Å². The number of anilines is 3. The first-order valence-corrected chi connectivity index (χ1v) is 10.5. The number of fused-ring (bicyclic) bond motifs is 2. The van der Waals surface area contributed by atoms with Crippen LogP contribution in [0.2, 0.25) is 0 Å². The minimum Gasteiger partial charge on any atom is -0.365 e. The second-order valence-corrected chi connectivity index (χ2v) is 7.85. The molecule has 1 fully saturated rings. The normalized spacial score (nSPS) is 13.9. The van der Waals surface area contributed by atoms with Crippen LogP contribution < -0.4 is 10.6 Å². The van der Waals surface area contributed by atoms with E-state index < -0.39 is 0 Å². The molecule has 0 spiro atoms. The van der Waals surface area contributed by atoms with Gasteiger partial charge in [0.1, 0.15) is 5.52 Å². The van der Waals surface area contributed by atoms with Crippen molar-refractivity contribution in [1.29, 1.82) is 0 Å². The molecule has 0 atom stereocenters. The van der Waals surface area contributed by atoms with Crippen molar-refractivity contribution < 1.29 is 0 Å². The van der Waals surface area contributed by atoms with E-state index in [1.54, 1.807) is 6.33 Å². The maximum atomic E-state index is 4.72. The summed E-state index contributed by atoms with van der Waals surface area (Å²) in [5.74, 6) is 1.30. The maximum absolute atomic E-state index is 4.72. The van der Waals surface area contributed by atoms with E-state index in [0.717, 1.165) is 39.1 Å². The number of pyridine rings is 1. The van der Waals surface area contributed by atoms with Crippen LogP contribution in [-0.4, -0.2) is 31.0 Å². The highest BCUT2D eigenvalue weighted by Gasteiger charge is 2.20. The third kappa shape index (κ3) is 3.34. The van der Waals surface area contributed by atoms with Gasteiger partial charge in [0.25, 0.3) is 0 Å². The number of hydrogen-bond donors (Lipinski definition) is 3. The zero-order chi connectivity index (χ0) is 20.6. The van der Waals surface area contributed by atoms with E-state index in [4.69, 9.17) is 4.98 Å². The van der Waals surface area contributed by atoms with Crippen LogP contribution in [0.25, 0.3) is 33.2 Å². The largest absolute Gasteiger partial charge is 0.365 e. The molecule has 0 amide bonds. The quantitative estimate of drug-likeness (QED) is 0.367. The molecule has 0 bridgehead atoms. The lowest BCUT2D eigenvalue weighted by Gasteiger charge is -2.27. The van der Waals surface area contributed by atoms with Crippen molar-refractivity contribution in [2.45, 2.75) is 25.3 Å². The van der Waals surface area contributed by atoms with Crippen LogP contribution in [-0.2, 0) is 0 Å². The van der Waals surface area contributed by atoms with E-state index in [0.29, 0.717) is 17.6 Å². The molecule has 0 saturated heterocycles. The van der Waals surface area contributed by atoms with Gasteiger partial charge in [-0.25, -0.2) is 4.98 Å². The molecule has 31 heavy (non-hydrogen) atoms. The number of H-pyrrole nitrogens is 1. The van der Waals surface area contributed by atoms with Gasteiger partial charge < -0.3 is 15.6 Å². The van der Waals surface area contributed by atoms with Gasteiger partial charge in [-0.2, -0.15) is 9.97 Å². The predicted octanol–water partition coefficient (Wildman–Crippen LogP) is 5.28. The highest BCUT2D eigenvalue weighted by atomic mass is 15.2. The molecule has 3 aromatic heterocycles. The van der Waals surface area contributed by atoms with Crippen LogP contribution in [0.1, 0.15) is 19.3 Å². The fourth-order valence-electron chi connectivity index (χ4n) is 3.96. The Bertz CT molecular complexity index is 1370. The third-order valence-electron chi connectivity index (χ3n) is 5.81. The number of rotatable bonds is 5. The molecular formula is C24H21N7. The fraction of sp³-hybridized carbons (Fsp3) is 0.167. The minimum absolute atomic E-state index is 0.461. The van der Waals surface area contributed by atoms with Crippen LogP contribution in [0.5, 0.6) is 0 Å². The molecule has 7 nitrogen and oxygen atoms in total. The van der Waals surface area contributed by atoms with Crippen molar-refractivity contribution in [3.8, 4) is 11.1 Å². The summed E-state index contributed by atoms with van der Waals surface area (Å²) in [6.07, 6.45) is 7.10. The SMILES string of the molecule is c1ccc(-c2ccnc3ccc(Nc4nc(NC5CCC5)c5nc[nH]c5n4)cc23)cc1. The Morgan fingerprint density at radius 1 is 0.935 bits per heavy atom. The first-order chi connectivity index (χ1) is 15.3. The van der Waals surface area contributed by atoms with Gasteiger partial charge in [-0.1, -0.05) is 30.3 Å². The topological polar surface area (TPSA) is 91.4 Å². The minimum atomic E-state index is 0.461. The highest BCUT2D eigenvalue weighted by Crippen LogP contribution is 2.31. The van der Waals surface area contributed by atoms with E-state index in [9.17, 15) is 0 Å². The van der Waals surface area contributed by atoms with Crippen molar-refractivity contribution in [2.24, 2.45) is 0 Å². The molecule has 1 aliphatic rings. The monoisotopic (exact) mass is 407 g/mol. The number of hydrogen-bond acceptors (Lipinski definition) is 6. The molecule has 0 unspecified atom stereocenters. The fourth-order valence-corrected chi connectivity index (χ4v) is 3.96. The smallest absolute Gasteiger partial charge is 0.231 e. The summed E-state index contributed by atoms with van der Waals surface area (Å²) in [6.45, 7) is 0. The van der Waals surface area contributed by atoms with Crippen molar-refractivity contribution in [3.63, 3.8) is 0 Å². The second kappa shape index (κ2) is 7.36. The average Bonchev–Trinajstić information content (AvgIpc) is 3.25. The number of imidazole rings is 1. The first kappa shape index (κ1) is 17.8. The summed E-state index contributed by atoms with van der Waals surface area (Å²) in [5, 5.41) is 7.96. The summed E-state index contributed by atoms with van der Waals surface area (Å²) in [5.41, 5.74) is 5.65. The molecule has 152 valence electrons. The Morgan fingerprint density at radius 3 is 2.68 bits per heavy atom. The van der Waals surface area contributed by atoms with Gasteiger partial charge >= 0.3 is 0 Å².